The van der Waals surface area contributed by atoms with Crippen molar-refractivity contribution in [2.24, 2.45) is 29.1 Å². The van der Waals surface area contributed by atoms with Gasteiger partial charge in [-0.3, -0.25) is 0 Å². The van der Waals surface area contributed by atoms with Crippen molar-refractivity contribution in [1.82, 2.24) is 0 Å². The number of hydrogen-bond donors (Lipinski definition) is 0. The molecule has 0 aromatic carbocycles. The zero-order chi connectivity index (χ0) is 11.2. The summed E-state index contributed by atoms with van der Waals surface area (Å²) >= 11 is 0. The molecule has 0 aromatic heterocycles. The van der Waals surface area contributed by atoms with E-state index < -0.39 is 0 Å². The Morgan fingerprint density at radius 2 is 1.62 bits per heavy atom. The second kappa shape index (κ2) is 4.03. The van der Waals surface area contributed by atoms with Gasteiger partial charge in [-0.25, -0.2) is 0 Å². The van der Waals surface area contributed by atoms with Crippen LogP contribution in [0.1, 0.15) is 71.6 Å². The lowest BCUT2D eigenvalue weighted by Gasteiger charge is -2.35. The Morgan fingerprint density at radius 3 is 2.25 bits per heavy atom. The highest BCUT2D eigenvalue weighted by atomic mass is 14.6. The highest BCUT2D eigenvalue weighted by Gasteiger charge is 2.54. The van der Waals surface area contributed by atoms with Crippen molar-refractivity contribution in [3.8, 4) is 0 Å². The number of hydrogen-bond acceptors (Lipinski definition) is 0. The molecule has 3 aliphatic rings. The Morgan fingerprint density at radius 1 is 0.938 bits per heavy atom. The highest BCUT2D eigenvalue weighted by Crippen LogP contribution is 2.64. The van der Waals surface area contributed by atoms with Gasteiger partial charge in [0.25, 0.3) is 0 Å². The molecule has 3 unspecified atom stereocenters. The summed E-state index contributed by atoms with van der Waals surface area (Å²) in [5.41, 5.74) is 0.834. The molecule has 16 heavy (non-hydrogen) atoms. The first-order valence-corrected chi connectivity index (χ1v) is 7.68. The molecule has 0 heteroatoms. The molecule has 0 nitrogen and oxygen atoms in total. The Labute approximate surface area is 101 Å². The van der Waals surface area contributed by atoms with Crippen molar-refractivity contribution >= 4 is 0 Å². The molecule has 0 bridgehead atoms. The van der Waals surface area contributed by atoms with Crippen molar-refractivity contribution in [3.05, 3.63) is 0 Å². The summed E-state index contributed by atoms with van der Waals surface area (Å²) in [6.07, 6.45) is 14.0. The van der Waals surface area contributed by atoms with Gasteiger partial charge in [-0.1, -0.05) is 39.5 Å². The molecule has 0 amide bonds. The van der Waals surface area contributed by atoms with Gasteiger partial charge in [-0.15, -0.1) is 0 Å². The topological polar surface area (TPSA) is 0 Å². The van der Waals surface area contributed by atoms with E-state index in [9.17, 15) is 0 Å². The van der Waals surface area contributed by atoms with Crippen molar-refractivity contribution in [2.75, 3.05) is 0 Å². The second-order valence-electron chi connectivity index (χ2n) is 7.47. The summed E-state index contributed by atoms with van der Waals surface area (Å²) in [6.45, 7) is 5.00. The first-order chi connectivity index (χ1) is 7.68. The quantitative estimate of drug-likeness (QED) is 0.612. The fourth-order valence-electron chi connectivity index (χ4n) is 5.10. The molecule has 3 fully saturated rings. The van der Waals surface area contributed by atoms with E-state index in [0.717, 1.165) is 29.1 Å². The van der Waals surface area contributed by atoms with E-state index in [2.05, 4.69) is 13.8 Å². The summed E-state index contributed by atoms with van der Waals surface area (Å²) in [4.78, 5) is 0. The van der Waals surface area contributed by atoms with E-state index in [1.54, 1.807) is 44.9 Å². The molecule has 3 rings (SSSR count). The monoisotopic (exact) mass is 220 g/mol. The number of rotatable bonds is 2. The van der Waals surface area contributed by atoms with Crippen LogP contribution in [0.3, 0.4) is 0 Å². The van der Waals surface area contributed by atoms with E-state index in [1.807, 2.05) is 0 Å². The van der Waals surface area contributed by atoms with E-state index in [4.69, 9.17) is 0 Å². The predicted octanol–water partition coefficient (Wildman–Crippen LogP) is 5.03. The predicted molar refractivity (Wildman–Crippen MR) is 69.3 cm³/mol. The van der Waals surface area contributed by atoms with Crippen LogP contribution in [0.5, 0.6) is 0 Å². The van der Waals surface area contributed by atoms with E-state index in [1.165, 1.54) is 12.8 Å². The Hall–Kier alpha value is 0. The first-order valence-electron chi connectivity index (χ1n) is 7.68. The van der Waals surface area contributed by atoms with Gasteiger partial charge in [0, 0.05) is 0 Å². The van der Waals surface area contributed by atoms with Crippen LogP contribution in [0.15, 0.2) is 0 Å². The molecular weight excluding hydrogens is 192 g/mol. The van der Waals surface area contributed by atoms with Crippen molar-refractivity contribution in [3.63, 3.8) is 0 Å². The van der Waals surface area contributed by atoms with Crippen LogP contribution in [0, 0.1) is 29.1 Å². The van der Waals surface area contributed by atoms with Crippen LogP contribution in [-0.2, 0) is 0 Å². The van der Waals surface area contributed by atoms with Gasteiger partial charge in [-0.2, -0.15) is 0 Å². The van der Waals surface area contributed by atoms with Gasteiger partial charge >= 0.3 is 0 Å². The molecule has 3 aliphatic carbocycles. The van der Waals surface area contributed by atoms with Crippen LogP contribution in [0.25, 0.3) is 0 Å². The molecule has 0 radical (unpaired) electrons. The van der Waals surface area contributed by atoms with Crippen LogP contribution in [-0.4, -0.2) is 0 Å². The minimum atomic E-state index is 0.834. The Bertz CT molecular complexity index is 251. The molecular formula is C16H28. The Kier molecular flexibility index (Phi) is 2.80. The first kappa shape index (κ1) is 11.1. The zero-order valence-corrected chi connectivity index (χ0v) is 11.2. The lowest BCUT2D eigenvalue weighted by molar-refractivity contribution is 0.154. The summed E-state index contributed by atoms with van der Waals surface area (Å²) in [5.74, 6) is 4.28. The van der Waals surface area contributed by atoms with Gasteiger partial charge in [-0.05, 0) is 61.2 Å². The molecule has 0 aromatic rings. The summed E-state index contributed by atoms with van der Waals surface area (Å²) in [7, 11) is 0. The minimum absolute atomic E-state index is 0.834. The molecule has 0 saturated heterocycles. The fourth-order valence-corrected chi connectivity index (χ4v) is 5.10. The van der Waals surface area contributed by atoms with Gasteiger partial charge in [0.1, 0.15) is 0 Å². The van der Waals surface area contributed by atoms with Gasteiger partial charge in [0.2, 0.25) is 0 Å². The van der Waals surface area contributed by atoms with Crippen LogP contribution >= 0.6 is 0 Å². The molecule has 0 heterocycles. The van der Waals surface area contributed by atoms with Crippen LogP contribution in [0.2, 0.25) is 0 Å². The van der Waals surface area contributed by atoms with Crippen molar-refractivity contribution in [2.45, 2.75) is 71.6 Å². The van der Waals surface area contributed by atoms with Gasteiger partial charge in [0.05, 0.1) is 0 Å². The maximum Gasteiger partial charge on any atom is -0.0264 e. The normalized spacial score (nSPS) is 48.8. The molecule has 4 atom stereocenters. The third kappa shape index (κ3) is 2.05. The smallest absolute Gasteiger partial charge is 0.0264 e. The Balaban J connectivity index is 1.58. The van der Waals surface area contributed by atoms with Gasteiger partial charge < -0.3 is 0 Å². The van der Waals surface area contributed by atoms with E-state index in [-0.39, 0.29) is 0 Å². The lowest BCUT2D eigenvalue weighted by Crippen LogP contribution is -2.25. The standard InChI is InChI=1S/C16H28/c1-12-7-15(8-14-5-3-4-6-14)11-16(9-12)10-13(16)2/h12-15H,3-11H2,1-2H3/t12-,13?,15?,16?/m0/s1. The third-order valence-electron chi connectivity index (χ3n) is 5.93. The SMILES string of the molecule is CC1CC12CC(CC1CCCC1)C[C@H](C)C2. The summed E-state index contributed by atoms with van der Waals surface area (Å²) in [6, 6.07) is 0. The lowest BCUT2D eigenvalue weighted by atomic mass is 9.70. The third-order valence-corrected chi connectivity index (χ3v) is 5.93. The molecule has 3 saturated carbocycles. The molecule has 0 aliphatic heterocycles. The largest absolute Gasteiger partial charge is 0.0625 e. The van der Waals surface area contributed by atoms with Crippen molar-refractivity contribution in [1.29, 1.82) is 0 Å². The molecule has 92 valence electrons. The van der Waals surface area contributed by atoms with E-state index >= 15 is 0 Å². The average Bonchev–Trinajstić information content (AvgIpc) is 2.66. The van der Waals surface area contributed by atoms with Crippen molar-refractivity contribution < 1.29 is 0 Å². The summed E-state index contributed by atoms with van der Waals surface area (Å²) < 4.78 is 0. The molecule has 1 spiro atoms. The minimum Gasteiger partial charge on any atom is -0.0625 e. The average molecular weight is 220 g/mol. The zero-order valence-electron chi connectivity index (χ0n) is 11.2. The van der Waals surface area contributed by atoms with Crippen LogP contribution < -0.4 is 0 Å². The maximum absolute atomic E-state index is 2.51. The fraction of sp³-hybridized carbons (Fsp3) is 1.00. The maximum atomic E-state index is 2.51. The molecule has 0 N–H and O–H groups in total. The highest BCUT2D eigenvalue weighted by molar-refractivity contribution is 5.04. The van der Waals surface area contributed by atoms with Gasteiger partial charge in [0.15, 0.2) is 0 Å². The van der Waals surface area contributed by atoms with Crippen LogP contribution in [0.4, 0.5) is 0 Å². The second-order valence-corrected chi connectivity index (χ2v) is 7.47. The summed E-state index contributed by atoms with van der Waals surface area (Å²) in [5, 5.41) is 0. The van der Waals surface area contributed by atoms with E-state index in [0.29, 0.717) is 0 Å².